The Labute approximate surface area is 189 Å². The predicted molar refractivity (Wildman–Crippen MR) is 112 cm³/mol. The minimum absolute atomic E-state index is 0.0729. The molecule has 2 aromatic carbocycles. The summed E-state index contributed by atoms with van der Waals surface area (Å²) in [6, 6.07) is 10.7. The average molecular weight is 478 g/mol. The summed E-state index contributed by atoms with van der Waals surface area (Å²) in [6.07, 6.45) is -4.06. The van der Waals surface area contributed by atoms with Crippen molar-refractivity contribution in [3.8, 4) is 5.69 Å². The molecule has 1 atom stereocenters. The fourth-order valence-electron chi connectivity index (χ4n) is 3.42. The van der Waals surface area contributed by atoms with E-state index >= 15 is 0 Å². The van der Waals surface area contributed by atoms with E-state index in [9.17, 15) is 27.6 Å². The first-order chi connectivity index (χ1) is 15.5. The highest BCUT2D eigenvalue weighted by atomic mass is 35.5. The molecule has 33 heavy (non-hydrogen) atoms. The number of benzene rings is 2. The van der Waals surface area contributed by atoms with E-state index in [-0.39, 0.29) is 11.4 Å². The Bertz CT molecular complexity index is 1270. The molecule has 1 fully saturated rings. The molecule has 170 valence electrons. The third-order valence-electron chi connectivity index (χ3n) is 5.10. The number of urea groups is 1. The number of amides is 4. The van der Waals surface area contributed by atoms with Crippen LogP contribution in [-0.2, 0) is 16.5 Å². The lowest BCUT2D eigenvalue weighted by molar-refractivity contribution is -0.143. The third kappa shape index (κ3) is 4.14. The van der Waals surface area contributed by atoms with Crippen LogP contribution in [0, 0.1) is 0 Å². The van der Waals surface area contributed by atoms with Crippen molar-refractivity contribution in [3.05, 3.63) is 76.6 Å². The van der Waals surface area contributed by atoms with Crippen molar-refractivity contribution in [1.29, 1.82) is 0 Å². The highest BCUT2D eigenvalue weighted by Gasteiger charge is 2.44. The Morgan fingerprint density at radius 2 is 1.85 bits per heavy atom. The number of halogens is 4. The number of carbonyl (C=O) groups is 3. The average Bonchev–Trinajstić information content (AvgIpc) is 3.30. The number of rotatable bonds is 4. The van der Waals surface area contributed by atoms with Gasteiger partial charge in [-0.25, -0.2) is 9.48 Å². The molecule has 12 heteroatoms. The van der Waals surface area contributed by atoms with Gasteiger partial charge in [-0.2, -0.15) is 18.3 Å². The lowest BCUT2D eigenvalue weighted by Crippen LogP contribution is -2.40. The summed E-state index contributed by atoms with van der Waals surface area (Å²) in [4.78, 5) is 36.4. The van der Waals surface area contributed by atoms with Crippen molar-refractivity contribution >= 4 is 35.1 Å². The number of hydrogen-bond acceptors (Lipinski definition) is 4. The summed E-state index contributed by atoms with van der Waals surface area (Å²) in [6.45, 7) is 1.46. The highest BCUT2D eigenvalue weighted by Crippen LogP contribution is 2.34. The molecule has 0 spiro atoms. The van der Waals surface area contributed by atoms with E-state index in [1.807, 2.05) is 0 Å². The van der Waals surface area contributed by atoms with Gasteiger partial charge >= 0.3 is 12.2 Å². The summed E-state index contributed by atoms with van der Waals surface area (Å²) in [7, 11) is 0. The molecule has 0 bridgehead atoms. The second kappa shape index (κ2) is 7.93. The van der Waals surface area contributed by atoms with E-state index in [2.05, 4.69) is 21.0 Å². The van der Waals surface area contributed by atoms with Gasteiger partial charge in [0.2, 0.25) is 0 Å². The molecular formula is C21H15ClF3N5O3. The molecule has 2 heterocycles. The van der Waals surface area contributed by atoms with Gasteiger partial charge in [0.25, 0.3) is 11.8 Å². The van der Waals surface area contributed by atoms with Crippen LogP contribution in [-0.4, -0.2) is 27.6 Å². The Hall–Kier alpha value is -3.86. The van der Waals surface area contributed by atoms with Crippen LogP contribution < -0.4 is 16.0 Å². The maximum Gasteiger partial charge on any atom is 0.434 e. The zero-order valence-corrected chi connectivity index (χ0v) is 17.6. The quantitative estimate of drug-likeness (QED) is 0.496. The molecule has 1 saturated heterocycles. The van der Waals surface area contributed by atoms with E-state index in [0.29, 0.717) is 15.3 Å². The molecule has 4 amide bonds. The van der Waals surface area contributed by atoms with Crippen molar-refractivity contribution in [1.82, 2.24) is 20.4 Å². The van der Waals surface area contributed by atoms with Crippen LogP contribution in [0.4, 0.5) is 23.7 Å². The Morgan fingerprint density at radius 1 is 1.15 bits per heavy atom. The van der Waals surface area contributed by atoms with E-state index in [0.717, 1.165) is 6.20 Å². The number of hydrogen-bond donors (Lipinski definition) is 3. The molecule has 0 radical (unpaired) electrons. The summed E-state index contributed by atoms with van der Waals surface area (Å²) >= 11 is 5.80. The molecule has 8 nitrogen and oxygen atoms in total. The molecule has 3 aromatic rings. The second-order valence-corrected chi connectivity index (χ2v) is 7.80. The van der Waals surface area contributed by atoms with Gasteiger partial charge in [0.15, 0.2) is 5.69 Å². The number of anilines is 1. The van der Waals surface area contributed by atoms with Crippen LogP contribution in [0.2, 0.25) is 5.02 Å². The highest BCUT2D eigenvalue weighted by molar-refractivity contribution is 6.30. The largest absolute Gasteiger partial charge is 0.434 e. The Kier molecular flexibility index (Phi) is 5.36. The van der Waals surface area contributed by atoms with Crippen molar-refractivity contribution in [2.45, 2.75) is 18.6 Å². The minimum atomic E-state index is -4.88. The number of nitrogens with one attached hydrogen (secondary N) is 3. The van der Waals surface area contributed by atoms with E-state index in [1.165, 1.54) is 49.4 Å². The standard InChI is InChI=1S/C21H15ClF3N5O3/c1-20(18(32)28-19(33)29-20)11-3-2-4-13(9-11)27-17(31)15-10-26-30(16(15)21(23,24)25)14-7-5-12(22)6-8-14/h2-10H,1H3,(H,27,31)(H2,28,29,32,33). The van der Waals surface area contributed by atoms with Crippen LogP contribution in [0.3, 0.4) is 0 Å². The van der Waals surface area contributed by atoms with Crippen LogP contribution in [0.5, 0.6) is 0 Å². The van der Waals surface area contributed by atoms with Crippen LogP contribution in [0.25, 0.3) is 5.69 Å². The fourth-order valence-corrected chi connectivity index (χ4v) is 3.54. The predicted octanol–water partition coefficient (Wildman–Crippen LogP) is 3.85. The number of nitrogens with zero attached hydrogens (tertiary/aromatic N) is 2. The second-order valence-electron chi connectivity index (χ2n) is 7.36. The lowest BCUT2D eigenvalue weighted by Gasteiger charge is -2.21. The summed E-state index contributed by atoms with van der Waals surface area (Å²) in [5, 5.41) is 11.1. The molecule has 4 rings (SSSR count). The number of carbonyl (C=O) groups excluding carboxylic acids is 3. The van der Waals surface area contributed by atoms with Gasteiger partial charge < -0.3 is 10.6 Å². The monoisotopic (exact) mass is 477 g/mol. The van der Waals surface area contributed by atoms with Crippen molar-refractivity contribution in [2.24, 2.45) is 0 Å². The normalized spacial score (nSPS) is 18.1. The first-order valence-electron chi connectivity index (χ1n) is 9.46. The Balaban J connectivity index is 1.67. The minimum Gasteiger partial charge on any atom is -0.322 e. The number of aromatic nitrogens is 2. The first kappa shape index (κ1) is 22.3. The van der Waals surface area contributed by atoms with E-state index < -0.39 is 40.8 Å². The maximum absolute atomic E-state index is 13.9. The SMILES string of the molecule is CC1(c2cccc(NC(=O)c3cnn(-c4ccc(Cl)cc4)c3C(F)(F)F)c2)NC(=O)NC1=O. The van der Waals surface area contributed by atoms with Gasteiger partial charge in [-0.05, 0) is 48.9 Å². The van der Waals surface area contributed by atoms with Gasteiger partial charge in [-0.1, -0.05) is 23.7 Å². The van der Waals surface area contributed by atoms with Gasteiger partial charge in [0.05, 0.1) is 17.4 Å². The van der Waals surface area contributed by atoms with Gasteiger partial charge in [-0.15, -0.1) is 0 Å². The van der Waals surface area contributed by atoms with Crippen LogP contribution >= 0.6 is 11.6 Å². The van der Waals surface area contributed by atoms with Gasteiger partial charge in [-0.3, -0.25) is 14.9 Å². The summed E-state index contributed by atoms with van der Waals surface area (Å²) in [5.74, 6) is -1.65. The van der Waals surface area contributed by atoms with Gasteiger partial charge in [0.1, 0.15) is 5.54 Å². The Morgan fingerprint density at radius 3 is 2.45 bits per heavy atom. The fraction of sp³-hybridized carbons (Fsp3) is 0.143. The number of imide groups is 1. The molecule has 0 aliphatic carbocycles. The van der Waals surface area contributed by atoms with Crippen molar-refractivity contribution < 1.29 is 27.6 Å². The molecule has 1 unspecified atom stereocenters. The molecule has 0 saturated carbocycles. The molecule has 3 N–H and O–H groups in total. The maximum atomic E-state index is 13.9. The van der Waals surface area contributed by atoms with Crippen molar-refractivity contribution in [2.75, 3.05) is 5.32 Å². The molecule has 1 aliphatic heterocycles. The van der Waals surface area contributed by atoms with E-state index in [1.54, 1.807) is 6.07 Å². The molecular weight excluding hydrogens is 463 g/mol. The smallest absolute Gasteiger partial charge is 0.322 e. The topological polar surface area (TPSA) is 105 Å². The summed E-state index contributed by atoms with van der Waals surface area (Å²) < 4.78 is 42.2. The van der Waals surface area contributed by atoms with E-state index in [4.69, 9.17) is 11.6 Å². The summed E-state index contributed by atoms with van der Waals surface area (Å²) in [5.41, 5.74) is -2.82. The van der Waals surface area contributed by atoms with Crippen molar-refractivity contribution in [3.63, 3.8) is 0 Å². The first-order valence-corrected chi connectivity index (χ1v) is 9.83. The lowest BCUT2D eigenvalue weighted by atomic mass is 9.92. The number of alkyl halides is 3. The zero-order chi connectivity index (χ0) is 24.0. The van der Waals surface area contributed by atoms with Crippen LogP contribution in [0.15, 0.2) is 54.7 Å². The molecule has 1 aromatic heterocycles. The zero-order valence-electron chi connectivity index (χ0n) is 16.8. The molecule has 1 aliphatic rings. The van der Waals surface area contributed by atoms with Crippen LogP contribution in [0.1, 0.15) is 28.5 Å². The van der Waals surface area contributed by atoms with Gasteiger partial charge in [0, 0.05) is 10.7 Å². The third-order valence-corrected chi connectivity index (χ3v) is 5.35.